The lowest BCUT2D eigenvalue weighted by atomic mass is 10.1. The minimum absolute atomic E-state index is 0.0701. The Morgan fingerprint density at radius 3 is 2.23 bits per heavy atom. The quantitative estimate of drug-likeness (QED) is 0.461. The van der Waals surface area contributed by atoms with Crippen LogP contribution in [0.1, 0.15) is 41.4 Å². The second-order valence-corrected chi connectivity index (χ2v) is 5.80. The SMILES string of the molecule is CN1C(=O)c2ccc(N3C(=O)c4cccc([N+](=O)[O-])c4C3=O)cc2C1=O. The van der Waals surface area contributed by atoms with Gasteiger partial charge < -0.3 is 0 Å². The first kappa shape index (κ1) is 15.6. The third-order valence-corrected chi connectivity index (χ3v) is 4.42. The average Bonchev–Trinajstić information content (AvgIpc) is 3.01. The van der Waals surface area contributed by atoms with Gasteiger partial charge in [0.15, 0.2) is 0 Å². The van der Waals surface area contributed by atoms with Crippen molar-refractivity contribution in [2.75, 3.05) is 11.9 Å². The number of carbonyl (C=O) groups is 4. The Balaban J connectivity index is 1.84. The Morgan fingerprint density at radius 1 is 0.846 bits per heavy atom. The Morgan fingerprint density at radius 2 is 1.54 bits per heavy atom. The van der Waals surface area contributed by atoms with Crippen LogP contribution in [0.25, 0.3) is 0 Å². The minimum atomic E-state index is -0.845. The molecule has 0 spiro atoms. The lowest BCUT2D eigenvalue weighted by Crippen LogP contribution is -2.29. The van der Waals surface area contributed by atoms with E-state index in [4.69, 9.17) is 0 Å². The van der Waals surface area contributed by atoms with E-state index in [1.54, 1.807) is 0 Å². The largest absolute Gasteiger partial charge is 0.283 e. The number of imide groups is 2. The Bertz CT molecular complexity index is 1070. The first-order valence-electron chi connectivity index (χ1n) is 7.45. The Kier molecular flexibility index (Phi) is 3.04. The summed E-state index contributed by atoms with van der Waals surface area (Å²) in [4.78, 5) is 61.5. The number of nitro groups is 1. The highest BCUT2D eigenvalue weighted by molar-refractivity contribution is 6.36. The van der Waals surface area contributed by atoms with Crippen molar-refractivity contribution in [3.63, 3.8) is 0 Å². The smallest absolute Gasteiger partial charge is 0.277 e. The number of hydrogen-bond donors (Lipinski definition) is 0. The van der Waals surface area contributed by atoms with Crippen molar-refractivity contribution >= 4 is 35.0 Å². The molecule has 2 aromatic carbocycles. The maximum absolute atomic E-state index is 12.7. The second kappa shape index (κ2) is 5.06. The van der Waals surface area contributed by atoms with E-state index in [0.717, 1.165) is 15.9 Å². The second-order valence-electron chi connectivity index (χ2n) is 5.80. The van der Waals surface area contributed by atoms with E-state index < -0.39 is 34.2 Å². The normalized spacial score (nSPS) is 15.6. The molecule has 2 aliphatic heterocycles. The molecule has 0 saturated heterocycles. The molecule has 0 atom stereocenters. The van der Waals surface area contributed by atoms with Gasteiger partial charge in [0.2, 0.25) is 0 Å². The van der Waals surface area contributed by atoms with Crippen molar-refractivity contribution in [2.45, 2.75) is 0 Å². The van der Waals surface area contributed by atoms with E-state index >= 15 is 0 Å². The van der Waals surface area contributed by atoms with Gasteiger partial charge >= 0.3 is 0 Å². The van der Waals surface area contributed by atoms with Crippen LogP contribution < -0.4 is 4.90 Å². The number of anilines is 1. The van der Waals surface area contributed by atoms with Crippen LogP contribution in [0.2, 0.25) is 0 Å². The molecule has 2 aromatic rings. The molecule has 9 nitrogen and oxygen atoms in total. The Labute approximate surface area is 145 Å². The summed E-state index contributed by atoms with van der Waals surface area (Å²) in [5.74, 6) is -2.59. The molecule has 128 valence electrons. The number of hydrogen-bond acceptors (Lipinski definition) is 6. The first-order valence-corrected chi connectivity index (χ1v) is 7.45. The van der Waals surface area contributed by atoms with Gasteiger partial charge in [-0.1, -0.05) is 6.07 Å². The summed E-state index contributed by atoms with van der Waals surface area (Å²) in [6, 6.07) is 7.78. The summed E-state index contributed by atoms with van der Waals surface area (Å²) in [6.07, 6.45) is 0. The van der Waals surface area contributed by atoms with Crippen LogP contribution in [-0.2, 0) is 0 Å². The molecule has 0 radical (unpaired) electrons. The van der Waals surface area contributed by atoms with Crippen molar-refractivity contribution in [1.82, 2.24) is 4.90 Å². The van der Waals surface area contributed by atoms with Gasteiger partial charge in [0.05, 0.1) is 27.3 Å². The van der Waals surface area contributed by atoms with Gasteiger partial charge in [0.1, 0.15) is 5.56 Å². The van der Waals surface area contributed by atoms with Crippen LogP contribution in [0.3, 0.4) is 0 Å². The lowest BCUT2D eigenvalue weighted by Gasteiger charge is -2.14. The zero-order chi connectivity index (χ0) is 18.7. The van der Waals surface area contributed by atoms with E-state index in [1.807, 2.05) is 0 Å². The highest BCUT2D eigenvalue weighted by atomic mass is 16.6. The first-order chi connectivity index (χ1) is 12.3. The van der Waals surface area contributed by atoms with Gasteiger partial charge in [-0.2, -0.15) is 0 Å². The Hall–Kier alpha value is -3.88. The van der Waals surface area contributed by atoms with Gasteiger partial charge in [-0.25, -0.2) is 4.90 Å². The maximum Gasteiger partial charge on any atom is 0.283 e. The molecule has 0 aliphatic carbocycles. The third-order valence-electron chi connectivity index (χ3n) is 4.42. The number of benzene rings is 2. The molecule has 26 heavy (non-hydrogen) atoms. The summed E-state index contributed by atoms with van der Waals surface area (Å²) in [7, 11) is 1.33. The van der Waals surface area contributed by atoms with E-state index in [1.165, 1.54) is 37.4 Å². The third kappa shape index (κ3) is 1.85. The van der Waals surface area contributed by atoms with Gasteiger partial charge in [0, 0.05) is 13.1 Å². The highest BCUT2D eigenvalue weighted by Crippen LogP contribution is 2.35. The monoisotopic (exact) mass is 351 g/mol. The summed E-state index contributed by atoms with van der Waals surface area (Å²) >= 11 is 0. The lowest BCUT2D eigenvalue weighted by molar-refractivity contribution is -0.385. The van der Waals surface area contributed by atoms with Crippen molar-refractivity contribution in [2.24, 2.45) is 0 Å². The molecule has 0 saturated carbocycles. The fourth-order valence-electron chi connectivity index (χ4n) is 3.14. The molecule has 9 heteroatoms. The van der Waals surface area contributed by atoms with E-state index in [0.29, 0.717) is 0 Å². The molecular weight excluding hydrogens is 342 g/mol. The summed E-state index contributed by atoms with van der Waals surface area (Å²) in [5, 5.41) is 11.2. The molecule has 2 aliphatic rings. The van der Waals surface area contributed by atoms with Crippen LogP contribution in [0.5, 0.6) is 0 Å². The predicted octanol–water partition coefficient (Wildman–Crippen LogP) is 1.62. The minimum Gasteiger partial charge on any atom is -0.277 e. The van der Waals surface area contributed by atoms with Crippen LogP contribution in [0.15, 0.2) is 36.4 Å². The summed E-state index contributed by atoms with van der Waals surface area (Å²) in [5.41, 5.74) is -0.521. The van der Waals surface area contributed by atoms with E-state index in [-0.39, 0.29) is 27.9 Å². The fourth-order valence-corrected chi connectivity index (χ4v) is 3.14. The molecule has 0 aromatic heterocycles. The zero-order valence-corrected chi connectivity index (χ0v) is 13.3. The van der Waals surface area contributed by atoms with Crippen LogP contribution in [0, 0.1) is 10.1 Å². The number of nitro benzene ring substituents is 1. The van der Waals surface area contributed by atoms with Gasteiger partial charge in [0.25, 0.3) is 29.3 Å². The van der Waals surface area contributed by atoms with Crippen LogP contribution in [-0.4, -0.2) is 40.5 Å². The van der Waals surface area contributed by atoms with Crippen molar-refractivity contribution < 1.29 is 24.1 Å². The molecule has 0 N–H and O–H groups in total. The molecule has 4 rings (SSSR count). The molecule has 2 heterocycles. The number of carbonyl (C=O) groups excluding carboxylic acids is 4. The number of fused-ring (bicyclic) bond motifs is 2. The topological polar surface area (TPSA) is 118 Å². The van der Waals surface area contributed by atoms with Crippen molar-refractivity contribution in [3.05, 3.63) is 68.8 Å². The number of amides is 4. The average molecular weight is 351 g/mol. The number of rotatable bonds is 2. The summed E-state index contributed by atoms with van der Waals surface area (Å²) in [6.45, 7) is 0. The van der Waals surface area contributed by atoms with Crippen molar-refractivity contribution in [3.8, 4) is 0 Å². The number of nitrogens with zero attached hydrogens (tertiary/aromatic N) is 3. The molecule has 0 unspecified atom stereocenters. The fraction of sp³-hybridized carbons (Fsp3) is 0.0588. The predicted molar refractivity (Wildman–Crippen MR) is 87.1 cm³/mol. The van der Waals surface area contributed by atoms with E-state index in [9.17, 15) is 29.3 Å². The van der Waals surface area contributed by atoms with Crippen LogP contribution >= 0.6 is 0 Å². The molecular formula is C17H9N3O6. The zero-order valence-electron chi connectivity index (χ0n) is 13.3. The highest BCUT2D eigenvalue weighted by Gasteiger charge is 2.43. The van der Waals surface area contributed by atoms with Crippen molar-refractivity contribution in [1.29, 1.82) is 0 Å². The van der Waals surface area contributed by atoms with Gasteiger partial charge in [-0.15, -0.1) is 0 Å². The molecule has 0 bridgehead atoms. The maximum atomic E-state index is 12.7. The van der Waals surface area contributed by atoms with Gasteiger partial charge in [-0.05, 0) is 24.3 Å². The van der Waals surface area contributed by atoms with Gasteiger partial charge in [-0.3, -0.25) is 34.2 Å². The standard InChI is InChI=1S/C17H9N3O6/c1-18-14(21)9-6-5-8(7-11(9)15(18)22)19-16(23)10-3-2-4-12(20(25)26)13(10)17(19)24/h2-7H,1H3. The molecule has 4 amide bonds. The molecule has 0 fully saturated rings. The summed E-state index contributed by atoms with van der Waals surface area (Å²) < 4.78 is 0. The van der Waals surface area contributed by atoms with Crippen LogP contribution in [0.4, 0.5) is 11.4 Å². The van der Waals surface area contributed by atoms with E-state index in [2.05, 4.69) is 0 Å².